The van der Waals surface area contributed by atoms with Crippen LogP contribution >= 0.6 is 0 Å². The van der Waals surface area contributed by atoms with Crippen molar-refractivity contribution in [1.82, 2.24) is 37.2 Å². The van der Waals surface area contributed by atoms with Crippen molar-refractivity contribution in [2.45, 2.75) is 94.4 Å². The molecule has 0 aliphatic carbocycles. The normalized spacial score (nSPS) is 12.2. The van der Waals surface area contributed by atoms with E-state index in [2.05, 4.69) is 84.6 Å². The van der Waals surface area contributed by atoms with Crippen molar-refractivity contribution in [3.63, 3.8) is 0 Å². The molecule has 2 aromatic rings. The van der Waals surface area contributed by atoms with E-state index in [4.69, 9.17) is 68.9 Å². The number of anilines is 2. The standard InChI is InChI=1S/C49H81N27O9/c1-62-35-23-27(14-17-29(35)76-61)40(81)70-28-15-12-26(13-16-28)39(80)69-24-36(77)68-25-37(78)71-31(8-3-19-64-46(53)54)41(82)73-33(10-5-21-66-48(57)58)43(84)75-34(11-6-22-67-49(59)60)44(85)74-32(9-4-20-65-47(55)56)42(83)72-30(38(50)79)7-2-18-63-45(51)52/h12-17,23,30-34,76H,1-11,18-22,24-25,61H2,(H2,50,79)(H,68,77)(H,69,80)(H,70,81)(H,71,78)(H,72,83)(H,73,82)(H,74,85)(H,75,84)(H4,51,52,63)(H4,53,54,64)(H4,55,56,65)(H4,57,58,66)(H4,59,60,67)/t30-,31-,32-,33-,34-/m0/s1. The van der Waals surface area contributed by atoms with Crippen LogP contribution in [0.1, 0.15) is 84.9 Å². The van der Waals surface area contributed by atoms with E-state index in [1.807, 2.05) is 0 Å². The van der Waals surface area contributed by atoms with Crippen molar-refractivity contribution in [3.8, 4) is 0 Å². The molecule has 0 spiro atoms. The second kappa shape index (κ2) is 38.2. The van der Waals surface area contributed by atoms with E-state index in [9.17, 15) is 43.2 Å². The number of carbonyl (C=O) groups is 9. The Labute approximate surface area is 489 Å². The van der Waals surface area contributed by atoms with Crippen LogP contribution in [0.15, 0.2) is 72.4 Å². The Kier molecular flexibility index (Phi) is 31.7. The quantitative estimate of drug-likeness (QED) is 0.00972. The molecule has 0 saturated heterocycles. The topological polar surface area (TPSA) is 648 Å². The van der Waals surface area contributed by atoms with E-state index in [0.29, 0.717) is 17.1 Å². The Morgan fingerprint density at radius 1 is 0.424 bits per heavy atom. The molecular weight excluding hydrogens is 1110 g/mol. The van der Waals surface area contributed by atoms with Crippen molar-refractivity contribution in [1.29, 1.82) is 0 Å². The lowest BCUT2D eigenvalue weighted by molar-refractivity contribution is -0.135. The van der Waals surface area contributed by atoms with Gasteiger partial charge in [-0.25, -0.2) is 0 Å². The van der Waals surface area contributed by atoms with Crippen molar-refractivity contribution in [2.24, 2.45) is 98.9 Å². The van der Waals surface area contributed by atoms with Gasteiger partial charge in [0.15, 0.2) is 29.8 Å². The highest BCUT2D eigenvalue weighted by Gasteiger charge is 2.32. The van der Waals surface area contributed by atoms with Gasteiger partial charge in [-0.3, -0.25) is 78.9 Å². The van der Waals surface area contributed by atoms with E-state index in [-0.39, 0.29) is 138 Å². The smallest absolute Gasteiger partial charge is 0.255 e. The number of guanidine groups is 5. The molecule has 0 aromatic heterocycles. The summed E-state index contributed by atoms with van der Waals surface area (Å²) < 4.78 is 0. The van der Waals surface area contributed by atoms with Crippen LogP contribution in [0.3, 0.4) is 0 Å². The number of nitrogens with one attached hydrogen (secondary N) is 9. The molecule has 0 bridgehead atoms. The lowest BCUT2D eigenvalue weighted by Crippen LogP contribution is -2.59. The van der Waals surface area contributed by atoms with Gasteiger partial charge in [-0.2, -0.15) is 0 Å². The molecule has 0 fully saturated rings. The third-order valence-electron chi connectivity index (χ3n) is 11.8. The zero-order valence-electron chi connectivity index (χ0n) is 46.9. The summed E-state index contributed by atoms with van der Waals surface area (Å²) in [5.74, 6) is -2.90. The summed E-state index contributed by atoms with van der Waals surface area (Å²) >= 11 is 0. The van der Waals surface area contributed by atoms with Gasteiger partial charge in [0.25, 0.3) is 11.8 Å². The number of nitrogen functional groups attached to an aromatic ring is 1. The molecule has 2 rings (SSSR count). The lowest BCUT2D eigenvalue weighted by Gasteiger charge is -2.27. The van der Waals surface area contributed by atoms with Gasteiger partial charge in [0.05, 0.1) is 24.5 Å². The number of hydrogen-bond donors (Lipinski definition) is 21. The van der Waals surface area contributed by atoms with Crippen molar-refractivity contribution < 1.29 is 43.2 Å². The van der Waals surface area contributed by atoms with Gasteiger partial charge in [-0.05, 0) is 113 Å². The molecule has 85 heavy (non-hydrogen) atoms. The average Bonchev–Trinajstić information content (AvgIpc) is 3.67. The first-order chi connectivity index (χ1) is 40.3. The summed E-state index contributed by atoms with van der Waals surface area (Å²) in [7, 11) is 0. The Hall–Kier alpha value is -10.6. The zero-order valence-corrected chi connectivity index (χ0v) is 46.9. The Morgan fingerprint density at radius 3 is 1.14 bits per heavy atom. The summed E-state index contributed by atoms with van der Waals surface area (Å²) in [5, 5.41) is 20.4. The van der Waals surface area contributed by atoms with E-state index >= 15 is 0 Å². The SMILES string of the molecule is C=Nc1cc(C(=O)Nc2ccc(C(=O)NCC(=O)NCC(=O)N[C@@H](CCCN=C(N)N)C(=O)N[C@@H](CCCN=C(N)N)C(=O)N[C@@H](CCCN=C(N)N)C(=O)N[C@@H](CCCN=C(N)N)C(=O)N[C@@H](CCCN=C(N)N)C(N)=O)cc2)ccc1NN. The minimum Gasteiger partial charge on any atom is -0.370 e. The summed E-state index contributed by atoms with van der Waals surface area (Å²) in [5.41, 5.74) is 64.4. The van der Waals surface area contributed by atoms with Crippen molar-refractivity contribution >= 4 is 107 Å². The van der Waals surface area contributed by atoms with Gasteiger partial charge in [-0.1, -0.05) is 0 Å². The minimum atomic E-state index is -1.44. The first-order valence-corrected chi connectivity index (χ1v) is 26.4. The number of carbonyl (C=O) groups excluding carboxylic acids is 9. The molecule has 0 saturated carbocycles. The van der Waals surface area contributed by atoms with Gasteiger partial charge in [-0.15, -0.1) is 0 Å². The van der Waals surface area contributed by atoms with Crippen LogP contribution in [-0.4, -0.2) is 166 Å². The monoisotopic (exact) mass is 1190 g/mol. The molecule has 0 unspecified atom stereocenters. The third kappa shape index (κ3) is 29.1. The highest BCUT2D eigenvalue weighted by atomic mass is 16.2. The predicted molar refractivity (Wildman–Crippen MR) is 322 cm³/mol. The number of hydrazine groups is 1. The number of primary amides is 1. The molecule has 36 nitrogen and oxygen atoms in total. The average molecular weight is 1190 g/mol. The van der Waals surface area contributed by atoms with Crippen LogP contribution in [0.5, 0.6) is 0 Å². The molecule has 466 valence electrons. The van der Waals surface area contributed by atoms with Crippen molar-refractivity contribution in [3.05, 3.63) is 53.6 Å². The number of aliphatic imine (C=N–C) groups is 6. The molecule has 5 atom stereocenters. The fourth-order valence-electron chi connectivity index (χ4n) is 7.55. The first kappa shape index (κ1) is 70.6. The first-order valence-electron chi connectivity index (χ1n) is 26.4. The second-order valence-corrected chi connectivity index (χ2v) is 18.5. The van der Waals surface area contributed by atoms with E-state index in [1.165, 1.54) is 36.4 Å². The van der Waals surface area contributed by atoms with Gasteiger partial charge in [0.2, 0.25) is 41.4 Å². The van der Waals surface area contributed by atoms with E-state index < -0.39 is 96.5 Å². The van der Waals surface area contributed by atoms with Gasteiger partial charge >= 0.3 is 0 Å². The largest absolute Gasteiger partial charge is 0.370 e. The van der Waals surface area contributed by atoms with Crippen LogP contribution < -0.4 is 117 Å². The van der Waals surface area contributed by atoms with Crippen LogP contribution in [0, 0.1) is 0 Å². The maximum absolute atomic E-state index is 14.4. The summed E-state index contributed by atoms with van der Waals surface area (Å²) in [6, 6.07) is 3.47. The summed E-state index contributed by atoms with van der Waals surface area (Å²) in [4.78, 5) is 144. The Morgan fingerprint density at radius 2 is 0.776 bits per heavy atom. The van der Waals surface area contributed by atoms with Gasteiger partial charge < -0.3 is 111 Å². The molecule has 9 amide bonds. The summed E-state index contributed by atoms with van der Waals surface area (Å²) in [6.07, 6.45) is 0.270. The fourth-order valence-corrected chi connectivity index (χ4v) is 7.55. The Bertz CT molecular complexity index is 2750. The number of nitrogens with two attached hydrogens (primary N) is 12. The highest BCUT2D eigenvalue weighted by molar-refractivity contribution is 6.06. The predicted octanol–water partition coefficient (Wildman–Crippen LogP) is -7.42. The number of nitrogens with zero attached hydrogens (tertiary/aromatic N) is 6. The van der Waals surface area contributed by atoms with Gasteiger partial charge in [0, 0.05) is 49.5 Å². The molecule has 0 aliphatic heterocycles. The second-order valence-electron chi connectivity index (χ2n) is 18.5. The zero-order chi connectivity index (χ0) is 63.4. The third-order valence-corrected chi connectivity index (χ3v) is 11.8. The molecule has 0 radical (unpaired) electrons. The highest BCUT2D eigenvalue weighted by Crippen LogP contribution is 2.25. The fraction of sp³-hybridized carbons (Fsp3) is 0.449. The lowest BCUT2D eigenvalue weighted by atomic mass is 10.0. The van der Waals surface area contributed by atoms with E-state index in [1.54, 1.807) is 6.07 Å². The molecule has 0 heterocycles. The number of benzene rings is 2. The van der Waals surface area contributed by atoms with Crippen molar-refractivity contribution in [2.75, 3.05) is 56.6 Å². The van der Waals surface area contributed by atoms with Gasteiger partial charge in [0.1, 0.15) is 30.2 Å². The maximum Gasteiger partial charge on any atom is 0.255 e. The molecule has 2 aromatic carbocycles. The van der Waals surface area contributed by atoms with E-state index in [0.717, 1.165) is 0 Å². The van der Waals surface area contributed by atoms with Crippen LogP contribution in [-0.2, 0) is 33.6 Å². The molecule has 36 heteroatoms. The molecule has 33 N–H and O–H groups in total. The molecular formula is C49H81N27O9. The number of rotatable bonds is 39. The summed E-state index contributed by atoms with van der Waals surface area (Å²) in [6.45, 7) is 2.38. The van der Waals surface area contributed by atoms with Crippen LogP contribution in [0.4, 0.5) is 17.1 Å². The van der Waals surface area contributed by atoms with Crippen LogP contribution in [0.2, 0.25) is 0 Å². The number of amides is 9. The maximum atomic E-state index is 14.4. The molecule has 0 aliphatic rings. The number of hydrogen-bond acceptors (Lipinski definition) is 17. The van der Waals surface area contributed by atoms with Crippen LogP contribution in [0.25, 0.3) is 0 Å². The minimum absolute atomic E-state index is 0.000247. The Balaban J connectivity index is 2.31.